The molecule has 3 nitrogen and oxygen atoms in total. The maximum atomic E-state index is 5.61. The first kappa shape index (κ1) is 10.9. The second-order valence-electron chi connectivity index (χ2n) is 3.06. The minimum absolute atomic E-state index is 0.306. The van der Waals surface area contributed by atoms with Crippen molar-refractivity contribution in [3.8, 4) is 0 Å². The molecule has 2 N–H and O–H groups in total. The van der Waals surface area contributed by atoms with Crippen LogP contribution in [0.1, 0.15) is 13.3 Å². The van der Waals surface area contributed by atoms with Crippen molar-refractivity contribution in [2.75, 3.05) is 33.9 Å². The van der Waals surface area contributed by atoms with Crippen molar-refractivity contribution in [2.24, 2.45) is 5.73 Å². The molecule has 0 amide bonds. The Balaban J connectivity index is 3.15. The van der Waals surface area contributed by atoms with Gasteiger partial charge in [0.1, 0.15) is 0 Å². The molecular formula is C8H20N2O. The number of nitrogens with two attached hydrogens (primary N) is 1. The molecule has 3 heteroatoms. The largest absolute Gasteiger partial charge is 0.383 e. The summed E-state index contributed by atoms with van der Waals surface area (Å²) in [6.45, 7) is 4.88. The molecule has 0 aromatic rings. The molecule has 0 aliphatic carbocycles. The zero-order valence-corrected chi connectivity index (χ0v) is 7.84. The van der Waals surface area contributed by atoms with Gasteiger partial charge in [0.2, 0.25) is 0 Å². The zero-order chi connectivity index (χ0) is 8.69. The summed E-state index contributed by atoms with van der Waals surface area (Å²) in [7, 11) is 3.81. The molecule has 1 atom stereocenters. The Morgan fingerprint density at radius 2 is 2.09 bits per heavy atom. The van der Waals surface area contributed by atoms with Crippen LogP contribution in [0.25, 0.3) is 0 Å². The van der Waals surface area contributed by atoms with Crippen LogP contribution in [-0.2, 0) is 4.74 Å². The van der Waals surface area contributed by atoms with Gasteiger partial charge in [0.25, 0.3) is 0 Å². The van der Waals surface area contributed by atoms with Gasteiger partial charge in [-0.15, -0.1) is 0 Å². The van der Waals surface area contributed by atoms with E-state index in [9.17, 15) is 0 Å². The number of hydrogen-bond acceptors (Lipinski definition) is 3. The molecule has 0 aliphatic rings. The molecule has 11 heavy (non-hydrogen) atoms. The lowest BCUT2D eigenvalue weighted by Crippen LogP contribution is -2.28. The average Bonchev–Trinajstić information content (AvgIpc) is 1.97. The summed E-state index contributed by atoms with van der Waals surface area (Å²) in [6.07, 6.45) is 1.06. The van der Waals surface area contributed by atoms with Crippen LogP contribution in [0.2, 0.25) is 0 Å². The molecule has 0 fully saturated rings. The van der Waals surface area contributed by atoms with Crippen LogP contribution in [0.3, 0.4) is 0 Å². The molecule has 0 bridgehead atoms. The minimum Gasteiger partial charge on any atom is -0.383 e. The van der Waals surface area contributed by atoms with Gasteiger partial charge in [-0.3, -0.25) is 0 Å². The lowest BCUT2D eigenvalue weighted by molar-refractivity contribution is 0.160. The predicted molar refractivity (Wildman–Crippen MR) is 47.6 cm³/mol. The molecule has 0 saturated carbocycles. The van der Waals surface area contributed by atoms with E-state index in [2.05, 4.69) is 11.9 Å². The third-order valence-electron chi connectivity index (χ3n) is 1.64. The standard InChI is InChI=1S/C8H20N2O/c1-8(9)4-5-10(2)6-7-11-3/h8H,4-7,9H2,1-3H3. The number of rotatable bonds is 6. The molecule has 0 radical (unpaired) electrons. The Bertz CT molecular complexity index is 86.2. The summed E-state index contributed by atoms with van der Waals surface area (Å²) in [4.78, 5) is 2.23. The fraction of sp³-hybridized carbons (Fsp3) is 1.00. The van der Waals surface area contributed by atoms with Crippen LogP contribution in [0, 0.1) is 0 Å². The van der Waals surface area contributed by atoms with E-state index in [1.165, 1.54) is 0 Å². The van der Waals surface area contributed by atoms with Crippen LogP contribution in [0.4, 0.5) is 0 Å². The molecule has 0 saturated heterocycles. The number of likely N-dealkylation sites (N-methyl/N-ethyl adjacent to an activating group) is 1. The first-order valence-electron chi connectivity index (χ1n) is 4.10. The van der Waals surface area contributed by atoms with Crippen molar-refractivity contribution >= 4 is 0 Å². The molecule has 0 spiro atoms. The Labute approximate surface area is 69.5 Å². The van der Waals surface area contributed by atoms with E-state index in [-0.39, 0.29) is 0 Å². The molecular weight excluding hydrogens is 140 g/mol. The monoisotopic (exact) mass is 160 g/mol. The second kappa shape index (κ2) is 6.58. The van der Waals surface area contributed by atoms with E-state index in [1.54, 1.807) is 7.11 Å². The third kappa shape index (κ3) is 7.78. The van der Waals surface area contributed by atoms with Gasteiger partial charge in [-0.05, 0) is 26.9 Å². The summed E-state index contributed by atoms with van der Waals surface area (Å²) in [5.41, 5.74) is 5.61. The lowest BCUT2D eigenvalue weighted by atomic mass is 10.2. The first-order chi connectivity index (χ1) is 5.16. The maximum absolute atomic E-state index is 5.61. The van der Waals surface area contributed by atoms with E-state index in [0.717, 1.165) is 26.1 Å². The highest BCUT2D eigenvalue weighted by Gasteiger charge is 1.99. The fourth-order valence-electron chi connectivity index (χ4n) is 0.783. The summed E-state index contributed by atoms with van der Waals surface area (Å²) in [6, 6.07) is 0.306. The van der Waals surface area contributed by atoms with Crippen molar-refractivity contribution in [1.82, 2.24) is 4.90 Å². The van der Waals surface area contributed by atoms with Gasteiger partial charge >= 0.3 is 0 Å². The van der Waals surface area contributed by atoms with Crippen LogP contribution >= 0.6 is 0 Å². The van der Waals surface area contributed by atoms with Crippen molar-refractivity contribution in [3.05, 3.63) is 0 Å². The highest BCUT2D eigenvalue weighted by atomic mass is 16.5. The molecule has 0 rings (SSSR count). The lowest BCUT2D eigenvalue weighted by Gasteiger charge is -2.16. The molecule has 0 aliphatic heterocycles. The topological polar surface area (TPSA) is 38.5 Å². The highest BCUT2D eigenvalue weighted by molar-refractivity contribution is 4.57. The predicted octanol–water partition coefficient (Wildman–Crippen LogP) is 0.302. The second-order valence-corrected chi connectivity index (χ2v) is 3.06. The van der Waals surface area contributed by atoms with Crippen molar-refractivity contribution in [2.45, 2.75) is 19.4 Å². The van der Waals surface area contributed by atoms with E-state index in [0.29, 0.717) is 6.04 Å². The smallest absolute Gasteiger partial charge is 0.0589 e. The number of methoxy groups -OCH3 is 1. The zero-order valence-electron chi connectivity index (χ0n) is 7.84. The summed E-state index contributed by atoms with van der Waals surface area (Å²) >= 11 is 0. The fourth-order valence-corrected chi connectivity index (χ4v) is 0.783. The Hall–Kier alpha value is -0.120. The van der Waals surface area contributed by atoms with Crippen molar-refractivity contribution in [3.63, 3.8) is 0 Å². The van der Waals surface area contributed by atoms with E-state index >= 15 is 0 Å². The summed E-state index contributed by atoms with van der Waals surface area (Å²) in [5.74, 6) is 0. The summed E-state index contributed by atoms with van der Waals surface area (Å²) < 4.78 is 4.95. The number of hydrogen-bond donors (Lipinski definition) is 1. The van der Waals surface area contributed by atoms with Gasteiger partial charge < -0.3 is 15.4 Å². The van der Waals surface area contributed by atoms with Crippen LogP contribution in [0.5, 0.6) is 0 Å². The quantitative estimate of drug-likeness (QED) is 0.607. The van der Waals surface area contributed by atoms with Gasteiger partial charge in [-0.2, -0.15) is 0 Å². The minimum atomic E-state index is 0.306. The van der Waals surface area contributed by atoms with E-state index < -0.39 is 0 Å². The van der Waals surface area contributed by atoms with Gasteiger partial charge in [0, 0.05) is 19.7 Å². The number of nitrogens with zero attached hydrogens (tertiary/aromatic N) is 1. The van der Waals surface area contributed by atoms with Crippen LogP contribution < -0.4 is 5.73 Å². The maximum Gasteiger partial charge on any atom is 0.0589 e. The van der Waals surface area contributed by atoms with Crippen molar-refractivity contribution < 1.29 is 4.74 Å². The highest BCUT2D eigenvalue weighted by Crippen LogP contribution is 1.90. The molecule has 0 aromatic heterocycles. The summed E-state index contributed by atoms with van der Waals surface area (Å²) in [5, 5.41) is 0. The Morgan fingerprint density at radius 3 is 2.55 bits per heavy atom. The van der Waals surface area contributed by atoms with Crippen molar-refractivity contribution in [1.29, 1.82) is 0 Å². The Kier molecular flexibility index (Phi) is 6.51. The van der Waals surface area contributed by atoms with Gasteiger partial charge in [-0.25, -0.2) is 0 Å². The van der Waals surface area contributed by atoms with Gasteiger partial charge in [-0.1, -0.05) is 0 Å². The molecule has 1 unspecified atom stereocenters. The average molecular weight is 160 g/mol. The molecule has 0 aromatic carbocycles. The molecule has 68 valence electrons. The third-order valence-corrected chi connectivity index (χ3v) is 1.64. The van der Waals surface area contributed by atoms with E-state index in [1.807, 2.05) is 6.92 Å². The normalized spacial score (nSPS) is 13.9. The van der Waals surface area contributed by atoms with Gasteiger partial charge in [0.15, 0.2) is 0 Å². The SMILES string of the molecule is COCCN(C)CCC(C)N. The number of ether oxygens (including phenoxy) is 1. The Morgan fingerprint density at radius 1 is 1.45 bits per heavy atom. The molecule has 0 heterocycles. The van der Waals surface area contributed by atoms with Gasteiger partial charge in [0.05, 0.1) is 6.61 Å². The van der Waals surface area contributed by atoms with Crippen LogP contribution in [0.15, 0.2) is 0 Å². The first-order valence-corrected chi connectivity index (χ1v) is 4.10. The van der Waals surface area contributed by atoms with Crippen LogP contribution in [-0.4, -0.2) is 44.8 Å². The van der Waals surface area contributed by atoms with E-state index in [4.69, 9.17) is 10.5 Å².